The van der Waals surface area contributed by atoms with Gasteiger partial charge in [-0.25, -0.2) is 18.8 Å². The Morgan fingerprint density at radius 2 is 1.59 bits per heavy atom. The van der Waals surface area contributed by atoms with E-state index < -0.39 is 17.9 Å². The van der Waals surface area contributed by atoms with E-state index in [1.165, 1.54) is 7.11 Å². The normalized spacial score (nSPS) is 16.2. The number of hydrogen-bond donors (Lipinski definition) is 1. The minimum atomic E-state index is -0.875. The molecule has 1 atom stereocenters. The minimum Gasteiger partial charge on any atom is -0.466 e. The third-order valence-electron chi connectivity index (χ3n) is 5.94. The fourth-order valence-electron chi connectivity index (χ4n) is 4.38. The van der Waals surface area contributed by atoms with Crippen LogP contribution in [0, 0.1) is 0 Å². The summed E-state index contributed by atoms with van der Waals surface area (Å²) >= 11 is 0. The molecule has 0 fully saturated rings. The minimum absolute atomic E-state index is 0.195. The Balaban J connectivity index is 1.72. The third kappa shape index (κ3) is 4.35. The van der Waals surface area contributed by atoms with Gasteiger partial charge in [-0.3, -0.25) is 0 Å². The zero-order valence-corrected chi connectivity index (χ0v) is 20.5. The lowest BCUT2D eigenvalue weighted by Gasteiger charge is -2.30. The fraction of sp³-hybridized carbons (Fsp3) is 0.231. The lowest BCUT2D eigenvalue weighted by atomic mass is 9.79. The van der Waals surface area contributed by atoms with E-state index in [0.717, 1.165) is 5.56 Å². The Bertz CT molecular complexity index is 1610. The molecule has 0 aliphatic carbocycles. The maximum atomic E-state index is 13.3. The van der Waals surface area contributed by atoms with Gasteiger partial charge < -0.3 is 14.8 Å². The van der Waals surface area contributed by atoms with E-state index in [4.69, 9.17) is 18.7 Å². The van der Waals surface area contributed by atoms with Gasteiger partial charge in [0.1, 0.15) is 22.1 Å². The molecule has 1 aliphatic rings. The van der Waals surface area contributed by atoms with Crippen molar-refractivity contribution in [2.75, 3.05) is 7.11 Å². The predicted octanol–water partition coefficient (Wildman–Crippen LogP) is 3.81. The fourth-order valence-corrected chi connectivity index (χ4v) is 4.38. The molecule has 188 valence electrons. The number of carbonyl (C=O) groups is 2. The quantitative estimate of drug-likeness (QED) is 0.385. The van der Waals surface area contributed by atoms with Crippen molar-refractivity contribution < 1.29 is 28.3 Å². The topological polar surface area (TPSA) is 142 Å². The summed E-state index contributed by atoms with van der Waals surface area (Å²) in [6, 6.07) is 10.7. The Hall–Kier alpha value is -4.80. The molecule has 11 heteroatoms. The van der Waals surface area contributed by atoms with Crippen LogP contribution in [0.5, 0.6) is 0 Å². The van der Waals surface area contributed by atoms with Gasteiger partial charge >= 0.3 is 11.9 Å². The highest BCUT2D eigenvalue weighted by Crippen LogP contribution is 2.42. The Morgan fingerprint density at radius 1 is 0.919 bits per heavy atom. The highest BCUT2D eigenvalue weighted by atomic mass is 16.6. The van der Waals surface area contributed by atoms with Crippen LogP contribution in [0.2, 0.25) is 0 Å². The van der Waals surface area contributed by atoms with Gasteiger partial charge in [0.2, 0.25) is 0 Å². The van der Waals surface area contributed by atoms with Crippen molar-refractivity contribution in [3.05, 3.63) is 76.1 Å². The van der Waals surface area contributed by atoms with E-state index in [-0.39, 0.29) is 17.3 Å². The summed E-state index contributed by atoms with van der Waals surface area (Å²) in [5.41, 5.74) is 4.72. The predicted molar refractivity (Wildman–Crippen MR) is 131 cm³/mol. The van der Waals surface area contributed by atoms with Gasteiger partial charge in [0.05, 0.1) is 30.3 Å². The van der Waals surface area contributed by atoms with Crippen LogP contribution in [0.4, 0.5) is 0 Å². The van der Waals surface area contributed by atoms with Gasteiger partial charge in [0, 0.05) is 17.0 Å². The number of carbonyl (C=O) groups excluding carboxylic acids is 2. The lowest BCUT2D eigenvalue weighted by molar-refractivity contribution is -0.143. The number of aromatic nitrogens is 4. The van der Waals surface area contributed by atoms with E-state index in [1.807, 2.05) is 12.1 Å². The summed E-state index contributed by atoms with van der Waals surface area (Å²) < 4.78 is 20.5. The molecule has 2 aromatic carbocycles. The highest BCUT2D eigenvalue weighted by molar-refractivity contribution is 6.02. The molecule has 1 aliphatic heterocycles. The van der Waals surface area contributed by atoms with Gasteiger partial charge in [-0.15, -0.1) is 0 Å². The van der Waals surface area contributed by atoms with Crippen LogP contribution in [0.25, 0.3) is 28.1 Å². The van der Waals surface area contributed by atoms with Crippen molar-refractivity contribution >= 4 is 40.1 Å². The van der Waals surface area contributed by atoms with Crippen molar-refractivity contribution in [3.63, 3.8) is 0 Å². The SMILES string of the molecule is COC(=O)C1=C(/C=C/c2cccc3nonc23)NC(C)=C(C(=O)OC(C)C)C1c1cccc2nonc12. The molecule has 11 nitrogen and oxygen atoms in total. The van der Waals surface area contributed by atoms with E-state index >= 15 is 0 Å². The Morgan fingerprint density at radius 3 is 2.30 bits per heavy atom. The molecular weight excluding hydrogens is 478 g/mol. The van der Waals surface area contributed by atoms with Crippen LogP contribution in [-0.2, 0) is 19.1 Å². The molecule has 0 amide bonds. The second kappa shape index (κ2) is 9.69. The molecule has 3 heterocycles. The number of nitrogens with one attached hydrogen (secondary N) is 1. The first-order valence-electron chi connectivity index (χ1n) is 11.5. The van der Waals surface area contributed by atoms with Gasteiger partial charge in [-0.2, -0.15) is 0 Å². The largest absolute Gasteiger partial charge is 0.466 e. The molecule has 2 aromatic heterocycles. The van der Waals surface area contributed by atoms with Gasteiger partial charge in [-0.05, 0) is 65.2 Å². The highest BCUT2D eigenvalue weighted by Gasteiger charge is 2.40. The summed E-state index contributed by atoms with van der Waals surface area (Å²) in [5, 5.41) is 19.0. The molecular formula is C26H23N5O6. The second-order valence-electron chi connectivity index (χ2n) is 8.66. The van der Waals surface area contributed by atoms with E-state index in [0.29, 0.717) is 39.0 Å². The number of methoxy groups -OCH3 is 1. The van der Waals surface area contributed by atoms with Crippen LogP contribution in [0.3, 0.4) is 0 Å². The summed E-state index contributed by atoms with van der Waals surface area (Å²) in [6.07, 6.45) is 3.12. The standard InChI is InChI=1S/C26H23N5O6/c1-13(2)35-26(33)20-14(3)27-17(12-11-15-7-5-9-18-23(15)30-36-28-18)22(25(32)34-4)21(20)16-8-6-10-19-24(16)31-37-29-19/h5-13,21,27H,1-4H3/b12-11+. The number of hydrogen-bond acceptors (Lipinski definition) is 11. The van der Waals surface area contributed by atoms with Crippen molar-refractivity contribution in [2.24, 2.45) is 0 Å². The number of fused-ring (bicyclic) bond motifs is 2. The molecule has 0 bridgehead atoms. The molecule has 37 heavy (non-hydrogen) atoms. The first kappa shape index (κ1) is 23.9. The zero-order valence-electron chi connectivity index (χ0n) is 20.5. The summed E-state index contributed by atoms with van der Waals surface area (Å²) in [6.45, 7) is 5.26. The van der Waals surface area contributed by atoms with Crippen LogP contribution in [0.15, 0.2) is 74.3 Å². The molecule has 4 aromatic rings. The first-order valence-corrected chi connectivity index (χ1v) is 11.5. The summed E-state index contributed by atoms with van der Waals surface area (Å²) in [4.78, 5) is 26.6. The van der Waals surface area contributed by atoms with Crippen LogP contribution in [-0.4, -0.2) is 45.8 Å². The van der Waals surface area contributed by atoms with E-state index in [9.17, 15) is 9.59 Å². The molecule has 0 saturated carbocycles. The summed E-state index contributed by atoms with van der Waals surface area (Å²) in [7, 11) is 1.28. The van der Waals surface area contributed by atoms with Gasteiger partial charge in [0.15, 0.2) is 0 Å². The Kier molecular flexibility index (Phi) is 6.26. The number of benzene rings is 2. The average Bonchev–Trinajstić information content (AvgIpc) is 3.55. The monoisotopic (exact) mass is 501 g/mol. The maximum Gasteiger partial charge on any atom is 0.337 e. The number of dihydropyridines is 1. The molecule has 1 N–H and O–H groups in total. The van der Waals surface area contributed by atoms with Crippen LogP contribution in [0.1, 0.15) is 37.8 Å². The van der Waals surface area contributed by atoms with Crippen molar-refractivity contribution in [1.82, 2.24) is 25.9 Å². The molecule has 1 unspecified atom stereocenters. The Labute approximate surface area is 210 Å². The van der Waals surface area contributed by atoms with Crippen molar-refractivity contribution in [3.8, 4) is 0 Å². The van der Waals surface area contributed by atoms with Gasteiger partial charge in [-0.1, -0.05) is 30.3 Å². The molecule has 0 radical (unpaired) electrons. The van der Waals surface area contributed by atoms with Crippen LogP contribution < -0.4 is 5.32 Å². The number of ether oxygens (including phenoxy) is 2. The number of esters is 2. The van der Waals surface area contributed by atoms with Crippen molar-refractivity contribution in [1.29, 1.82) is 0 Å². The number of nitrogens with zero attached hydrogens (tertiary/aromatic N) is 4. The van der Waals surface area contributed by atoms with E-state index in [1.54, 1.807) is 57.2 Å². The number of allylic oxidation sites excluding steroid dienone is 2. The maximum absolute atomic E-state index is 13.3. The zero-order chi connectivity index (χ0) is 26.1. The molecule has 5 rings (SSSR count). The first-order chi connectivity index (χ1) is 17.9. The summed E-state index contributed by atoms with van der Waals surface area (Å²) in [5.74, 6) is -2.07. The van der Waals surface area contributed by atoms with Crippen molar-refractivity contribution in [2.45, 2.75) is 32.8 Å². The molecule has 0 saturated heterocycles. The molecule has 0 spiro atoms. The second-order valence-corrected chi connectivity index (χ2v) is 8.66. The number of rotatable bonds is 6. The van der Waals surface area contributed by atoms with Crippen LogP contribution >= 0.6 is 0 Å². The van der Waals surface area contributed by atoms with Gasteiger partial charge in [0.25, 0.3) is 0 Å². The lowest BCUT2D eigenvalue weighted by Crippen LogP contribution is -2.33. The third-order valence-corrected chi connectivity index (χ3v) is 5.94. The smallest absolute Gasteiger partial charge is 0.337 e. The van der Waals surface area contributed by atoms with E-state index in [2.05, 4.69) is 25.9 Å². The average molecular weight is 501 g/mol.